The van der Waals surface area contributed by atoms with E-state index in [0.29, 0.717) is 6.04 Å². The predicted octanol–water partition coefficient (Wildman–Crippen LogP) is 3.69. The Bertz CT molecular complexity index is 501. The van der Waals surface area contributed by atoms with Crippen molar-refractivity contribution in [3.63, 3.8) is 0 Å². The molecule has 3 heterocycles. The smallest absolute Gasteiger partial charge is 0.143 e. The summed E-state index contributed by atoms with van der Waals surface area (Å²) >= 11 is 3.69. The van der Waals surface area contributed by atoms with E-state index in [-0.39, 0.29) is 0 Å². The van der Waals surface area contributed by atoms with E-state index in [0.717, 1.165) is 22.3 Å². The Morgan fingerprint density at radius 1 is 1.10 bits per heavy atom. The fraction of sp³-hybridized carbons (Fsp3) is 0.706. The second-order valence-electron chi connectivity index (χ2n) is 6.84. The van der Waals surface area contributed by atoms with Gasteiger partial charge < -0.3 is 4.90 Å². The second-order valence-corrected chi connectivity index (χ2v) is 7.69. The maximum atomic E-state index is 4.63. The average molecular weight is 350 g/mol. The number of anilines is 1. The lowest BCUT2D eigenvalue weighted by atomic mass is 9.91. The van der Waals surface area contributed by atoms with Gasteiger partial charge in [0, 0.05) is 31.4 Å². The van der Waals surface area contributed by atoms with Crippen molar-refractivity contribution >= 4 is 21.7 Å². The van der Waals surface area contributed by atoms with Gasteiger partial charge in [-0.05, 0) is 66.2 Å². The molecular weight excluding hydrogens is 326 g/mol. The predicted molar refractivity (Wildman–Crippen MR) is 89.6 cm³/mol. The molecule has 2 unspecified atom stereocenters. The normalized spacial score (nSPS) is 30.8. The molecule has 2 atom stereocenters. The SMILES string of the molecule is Brc1cccnc1N1CCC2CCN(C3CCCC3)CC21. The van der Waals surface area contributed by atoms with Crippen molar-refractivity contribution in [3.05, 3.63) is 22.8 Å². The van der Waals surface area contributed by atoms with Gasteiger partial charge in [0.25, 0.3) is 0 Å². The van der Waals surface area contributed by atoms with Crippen LogP contribution in [0.5, 0.6) is 0 Å². The van der Waals surface area contributed by atoms with Crippen LogP contribution < -0.4 is 4.90 Å². The summed E-state index contributed by atoms with van der Waals surface area (Å²) in [7, 11) is 0. The number of rotatable bonds is 2. The Morgan fingerprint density at radius 3 is 2.71 bits per heavy atom. The minimum atomic E-state index is 0.672. The zero-order valence-electron chi connectivity index (χ0n) is 12.5. The van der Waals surface area contributed by atoms with Gasteiger partial charge in [-0.25, -0.2) is 4.98 Å². The number of halogens is 1. The van der Waals surface area contributed by atoms with Gasteiger partial charge in [0.05, 0.1) is 4.47 Å². The van der Waals surface area contributed by atoms with Crippen LogP contribution in [0.3, 0.4) is 0 Å². The highest BCUT2D eigenvalue weighted by atomic mass is 79.9. The van der Waals surface area contributed by atoms with E-state index >= 15 is 0 Å². The average Bonchev–Trinajstić information content (AvgIpc) is 3.17. The quantitative estimate of drug-likeness (QED) is 0.811. The highest BCUT2D eigenvalue weighted by Gasteiger charge is 2.41. The number of hydrogen-bond acceptors (Lipinski definition) is 3. The van der Waals surface area contributed by atoms with E-state index < -0.39 is 0 Å². The molecule has 3 aliphatic rings. The maximum absolute atomic E-state index is 4.63. The fourth-order valence-corrected chi connectivity index (χ4v) is 5.10. The van der Waals surface area contributed by atoms with Crippen LogP contribution in [-0.4, -0.2) is 41.6 Å². The van der Waals surface area contributed by atoms with Crippen molar-refractivity contribution in [1.29, 1.82) is 0 Å². The molecule has 1 saturated carbocycles. The Labute approximate surface area is 135 Å². The standard InChI is InChI=1S/C17H24BrN3/c18-15-6-3-9-19-17(15)21-11-8-13-7-10-20(12-16(13)21)14-4-1-2-5-14/h3,6,9,13-14,16H,1-2,4-5,7-8,10-12H2. The summed E-state index contributed by atoms with van der Waals surface area (Å²) in [5, 5.41) is 0. The van der Waals surface area contributed by atoms with Crippen LogP contribution in [0.25, 0.3) is 0 Å². The van der Waals surface area contributed by atoms with Crippen LogP contribution in [0.1, 0.15) is 38.5 Å². The molecule has 4 rings (SSSR count). The topological polar surface area (TPSA) is 19.4 Å². The fourth-order valence-electron chi connectivity index (χ4n) is 4.62. The number of hydrogen-bond donors (Lipinski definition) is 0. The van der Waals surface area contributed by atoms with Crippen molar-refractivity contribution in [2.75, 3.05) is 24.5 Å². The van der Waals surface area contributed by atoms with Crippen LogP contribution >= 0.6 is 15.9 Å². The lowest BCUT2D eigenvalue weighted by Crippen LogP contribution is -2.51. The molecule has 0 bridgehead atoms. The number of fused-ring (bicyclic) bond motifs is 1. The Balaban J connectivity index is 1.53. The Morgan fingerprint density at radius 2 is 1.90 bits per heavy atom. The monoisotopic (exact) mass is 349 g/mol. The van der Waals surface area contributed by atoms with Gasteiger partial charge >= 0.3 is 0 Å². The summed E-state index contributed by atoms with van der Waals surface area (Å²) in [6.07, 6.45) is 10.4. The first-order valence-electron chi connectivity index (χ1n) is 8.44. The van der Waals surface area contributed by atoms with Gasteiger partial charge in [-0.1, -0.05) is 12.8 Å². The largest absolute Gasteiger partial charge is 0.351 e. The molecule has 1 aromatic rings. The molecule has 4 heteroatoms. The molecule has 3 fully saturated rings. The van der Waals surface area contributed by atoms with Gasteiger partial charge in [0.1, 0.15) is 5.82 Å². The summed E-state index contributed by atoms with van der Waals surface area (Å²) in [5.74, 6) is 2.02. The summed E-state index contributed by atoms with van der Waals surface area (Å²) in [6.45, 7) is 3.74. The second kappa shape index (κ2) is 5.88. The minimum Gasteiger partial charge on any atom is -0.351 e. The zero-order valence-corrected chi connectivity index (χ0v) is 14.1. The van der Waals surface area contributed by atoms with Crippen LogP contribution in [-0.2, 0) is 0 Å². The number of pyridine rings is 1. The molecule has 0 aromatic carbocycles. The van der Waals surface area contributed by atoms with E-state index in [1.54, 1.807) is 0 Å². The molecular formula is C17H24BrN3. The first-order chi connectivity index (χ1) is 10.3. The molecule has 2 aliphatic heterocycles. The molecule has 21 heavy (non-hydrogen) atoms. The number of piperidine rings is 1. The van der Waals surface area contributed by atoms with Gasteiger partial charge in [-0.3, -0.25) is 4.90 Å². The van der Waals surface area contributed by atoms with Crippen LogP contribution in [0.2, 0.25) is 0 Å². The Kier molecular flexibility index (Phi) is 3.92. The van der Waals surface area contributed by atoms with Crippen molar-refractivity contribution in [2.24, 2.45) is 5.92 Å². The van der Waals surface area contributed by atoms with Crippen molar-refractivity contribution in [1.82, 2.24) is 9.88 Å². The number of likely N-dealkylation sites (tertiary alicyclic amines) is 1. The van der Waals surface area contributed by atoms with Gasteiger partial charge in [-0.15, -0.1) is 0 Å². The molecule has 3 nitrogen and oxygen atoms in total. The van der Waals surface area contributed by atoms with E-state index in [9.17, 15) is 0 Å². The van der Waals surface area contributed by atoms with Gasteiger partial charge in [0.2, 0.25) is 0 Å². The van der Waals surface area contributed by atoms with E-state index in [4.69, 9.17) is 0 Å². The number of nitrogens with zero attached hydrogens (tertiary/aromatic N) is 3. The highest BCUT2D eigenvalue weighted by molar-refractivity contribution is 9.10. The third-order valence-electron chi connectivity index (χ3n) is 5.75. The third kappa shape index (κ3) is 2.61. The van der Waals surface area contributed by atoms with Crippen molar-refractivity contribution in [2.45, 2.75) is 50.6 Å². The number of aromatic nitrogens is 1. The van der Waals surface area contributed by atoms with E-state index in [1.807, 2.05) is 12.3 Å². The lowest BCUT2D eigenvalue weighted by Gasteiger charge is -2.41. The van der Waals surface area contributed by atoms with Gasteiger partial charge in [0.15, 0.2) is 0 Å². The lowest BCUT2D eigenvalue weighted by molar-refractivity contribution is 0.126. The molecule has 0 spiro atoms. The molecule has 114 valence electrons. The molecule has 0 N–H and O–H groups in total. The van der Waals surface area contributed by atoms with Crippen LogP contribution in [0.15, 0.2) is 22.8 Å². The molecule has 0 amide bonds. The molecule has 1 aliphatic carbocycles. The van der Waals surface area contributed by atoms with Crippen molar-refractivity contribution < 1.29 is 0 Å². The summed E-state index contributed by atoms with van der Waals surface area (Å²) in [4.78, 5) is 9.98. The third-order valence-corrected chi connectivity index (χ3v) is 6.37. The molecule has 2 saturated heterocycles. The van der Waals surface area contributed by atoms with E-state index in [2.05, 4.69) is 36.8 Å². The minimum absolute atomic E-state index is 0.672. The first kappa shape index (κ1) is 14.0. The van der Waals surface area contributed by atoms with Crippen molar-refractivity contribution in [3.8, 4) is 0 Å². The molecule has 0 radical (unpaired) electrons. The van der Waals surface area contributed by atoms with Gasteiger partial charge in [-0.2, -0.15) is 0 Å². The summed E-state index contributed by atoms with van der Waals surface area (Å²) in [5.41, 5.74) is 0. The van der Waals surface area contributed by atoms with E-state index in [1.165, 1.54) is 58.2 Å². The molecule has 1 aromatic heterocycles. The highest BCUT2D eigenvalue weighted by Crippen LogP contribution is 2.38. The first-order valence-corrected chi connectivity index (χ1v) is 9.23. The maximum Gasteiger partial charge on any atom is 0.143 e. The van der Waals surface area contributed by atoms with Crippen LogP contribution in [0.4, 0.5) is 5.82 Å². The summed E-state index contributed by atoms with van der Waals surface area (Å²) < 4.78 is 1.14. The van der Waals surface area contributed by atoms with Crippen LogP contribution in [0, 0.1) is 5.92 Å². The summed E-state index contributed by atoms with van der Waals surface area (Å²) in [6, 6.07) is 5.66. The Hall–Kier alpha value is -0.610. The zero-order chi connectivity index (χ0) is 14.2.